The molecule has 27 heavy (non-hydrogen) atoms. The molecule has 1 saturated heterocycles. The van der Waals surface area contributed by atoms with Gasteiger partial charge in [-0.05, 0) is 49.9 Å². The molecule has 150 valence electrons. The second-order valence-corrected chi connectivity index (χ2v) is 8.09. The summed E-state index contributed by atoms with van der Waals surface area (Å²) >= 11 is 0. The van der Waals surface area contributed by atoms with Crippen LogP contribution in [0.5, 0.6) is 11.5 Å². The van der Waals surface area contributed by atoms with Crippen LogP contribution < -0.4 is 20.5 Å². The van der Waals surface area contributed by atoms with Crippen LogP contribution in [0.3, 0.4) is 0 Å². The van der Waals surface area contributed by atoms with Gasteiger partial charge in [-0.25, -0.2) is 0 Å². The first kappa shape index (κ1) is 19.8. The number of aliphatic imine (C=N–C) groups is 1. The van der Waals surface area contributed by atoms with E-state index in [0.717, 1.165) is 49.2 Å². The highest BCUT2D eigenvalue weighted by Gasteiger charge is 2.25. The lowest BCUT2D eigenvalue weighted by molar-refractivity contribution is 0.113. The standard InChI is InChI=1S/C21H34N4O2/c1-15(2)18(25-9-7-16(3)8-10-25)14-23-21(22)24-17-5-6-19-20(13-17)27-12-4-11-26-19/h5-6,13,15-16,18H,4,7-12,14H2,1-3H3,(H3,22,23,24). The van der Waals surface area contributed by atoms with Crippen molar-refractivity contribution in [3.05, 3.63) is 18.2 Å². The lowest BCUT2D eigenvalue weighted by atomic mass is 9.94. The molecule has 1 aromatic carbocycles. The average Bonchev–Trinajstić information content (AvgIpc) is 2.88. The number of rotatable bonds is 5. The monoisotopic (exact) mass is 374 g/mol. The predicted octanol–water partition coefficient (Wildman–Crippen LogP) is 3.33. The topological polar surface area (TPSA) is 72.1 Å². The molecule has 0 amide bonds. The number of fused-ring (bicyclic) bond motifs is 1. The van der Waals surface area contributed by atoms with Crippen molar-refractivity contribution in [1.29, 1.82) is 0 Å². The fourth-order valence-electron chi connectivity index (χ4n) is 3.73. The number of nitrogens with one attached hydrogen (secondary N) is 1. The van der Waals surface area contributed by atoms with Gasteiger partial charge < -0.3 is 20.5 Å². The molecule has 0 bridgehead atoms. The predicted molar refractivity (Wildman–Crippen MR) is 111 cm³/mol. The maximum absolute atomic E-state index is 6.16. The summed E-state index contributed by atoms with van der Waals surface area (Å²) in [4.78, 5) is 7.21. The summed E-state index contributed by atoms with van der Waals surface area (Å²) in [6.45, 7) is 11.3. The summed E-state index contributed by atoms with van der Waals surface area (Å²) in [7, 11) is 0. The normalized spacial score (nSPS) is 20.4. The second kappa shape index (κ2) is 9.31. The summed E-state index contributed by atoms with van der Waals surface area (Å²) in [6.07, 6.45) is 3.45. The van der Waals surface area contributed by atoms with Crippen LogP contribution in [0.15, 0.2) is 23.2 Å². The molecule has 1 fully saturated rings. The van der Waals surface area contributed by atoms with E-state index in [0.29, 0.717) is 31.1 Å². The number of nitrogens with zero attached hydrogens (tertiary/aromatic N) is 2. The van der Waals surface area contributed by atoms with Crippen LogP contribution in [0.25, 0.3) is 0 Å². The Kier molecular flexibility index (Phi) is 6.83. The Labute approximate surface area is 163 Å². The van der Waals surface area contributed by atoms with E-state index < -0.39 is 0 Å². The third-order valence-corrected chi connectivity index (χ3v) is 5.53. The number of benzene rings is 1. The van der Waals surface area contributed by atoms with Gasteiger partial charge in [-0.2, -0.15) is 0 Å². The number of hydrogen-bond acceptors (Lipinski definition) is 4. The molecular weight excluding hydrogens is 340 g/mol. The molecule has 0 saturated carbocycles. The van der Waals surface area contributed by atoms with E-state index in [9.17, 15) is 0 Å². The van der Waals surface area contributed by atoms with Gasteiger partial charge in [-0.15, -0.1) is 0 Å². The van der Waals surface area contributed by atoms with Crippen LogP contribution >= 0.6 is 0 Å². The van der Waals surface area contributed by atoms with Gasteiger partial charge in [-0.3, -0.25) is 9.89 Å². The minimum atomic E-state index is 0.432. The van der Waals surface area contributed by atoms with Crippen LogP contribution in [0.2, 0.25) is 0 Å². The number of hydrogen-bond donors (Lipinski definition) is 2. The highest BCUT2D eigenvalue weighted by Crippen LogP contribution is 2.32. The Bertz CT molecular complexity index is 639. The zero-order chi connectivity index (χ0) is 19.2. The highest BCUT2D eigenvalue weighted by molar-refractivity contribution is 5.92. The van der Waals surface area contributed by atoms with E-state index in [1.807, 2.05) is 18.2 Å². The Morgan fingerprint density at radius 2 is 1.93 bits per heavy atom. The Hall–Kier alpha value is -1.95. The number of guanidine groups is 1. The molecule has 2 aliphatic heterocycles. The van der Waals surface area contributed by atoms with Crippen molar-refractivity contribution >= 4 is 11.6 Å². The largest absolute Gasteiger partial charge is 0.490 e. The average molecular weight is 375 g/mol. The van der Waals surface area contributed by atoms with Crippen LogP contribution in [-0.2, 0) is 0 Å². The molecular formula is C21H34N4O2. The van der Waals surface area contributed by atoms with Gasteiger partial charge in [0.25, 0.3) is 0 Å². The van der Waals surface area contributed by atoms with Gasteiger partial charge in [0.15, 0.2) is 17.5 Å². The fourth-order valence-corrected chi connectivity index (χ4v) is 3.73. The van der Waals surface area contributed by atoms with E-state index in [2.05, 4.69) is 36.0 Å². The molecule has 0 radical (unpaired) electrons. The summed E-state index contributed by atoms with van der Waals surface area (Å²) in [6, 6.07) is 6.22. The van der Waals surface area contributed by atoms with E-state index in [4.69, 9.17) is 15.2 Å². The second-order valence-electron chi connectivity index (χ2n) is 8.09. The maximum atomic E-state index is 6.16. The lowest BCUT2D eigenvalue weighted by Gasteiger charge is -2.38. The number of piperidine rings is 1. The van der Waals surface area contributed by atoms with E-state index in [1.165, 1.54) is 12.8 Å². The van der Waals surface area contributed by atoms with Gasteiger partial charge in [0.2, 0.25) is 0 Å². The molecule has 2 heterocycles. The smallest absolute Gasteiger partial charge is 0.193 e. The zero-order valence-electron chi connectivity index (χ0n) is 16.9. The summed E-state index contributed by atoms with van der Waals surface area (Å²) in [5.74, 6) is 3.37. The van der Waals surface area contributed by atoms with Crippen molar-refractivity contribution in [1.82, 2.24) is 4.90 Å². The number of likely N-dealkylation sites (tertiary alicyclic amines) is 1. The molecule has 6 heteroatoms. The third-order valence-electron chi connectivity index (χ3n) is 5.53. The molecule has 1 aromatic rings. The molecule has 2 aliphatic rings. The van der Waals surface area contributed by atoms with Crippen molar-refractivity contribution in [2.45, 2.75) is 46.1 Å². The van der Waals surface area contributed by atoms with Crippen molar-refractivity contribution in [2.75, 3.05) is 38.2 Å². The SMILES string of the molecule is CC1CCN(C(CN=C(N)Nc2ccc3c(c2)OCCCO3)C(C)C)CC1. The van der Waals surface area contributed by atoms with Crippen molar-refractivity contribution in [3.8, 4) is 11.5 Å². The van der Waals surface area contributed by atoms with Crippen molar-refractivity contribution < 1.29 is 9.47 Å². The van der Waals surface area contributed by atoms with E-state index in [1.54, 1.807) is 0 Å². The molecule has 6 nitrogen and oxygen atoms in total. The first-order valence-electron chi connectivity index (χ1n) is 10.2. The molecule has 0 aliphatic carbocycles. The first-order chi connectivity index (χ1) is 13.0. The Balaban J connectivity index is 1.60. The van der Waals surface area contributed by atoms with Crippen molar-refractivity contribution in [2.24, 2.45) is 22.6 Å². The summed E-state index contributed by atoms with van der Waals surface area (Å²) in [5, 5.41) is 3.19. The third kappa shape index (κ3) is 5.51. The summed E-state index contributed by atoms with van der Waals surface area (Å²) in [5.41, 5.74) is 7.03. The zero-order valence-corrected chi connectivity index (χ0v) is 16.9. The quantitative estimate of drug-likeness (QED) is 0.611. The minimum absolute atomic E-state index is 0.432. The molecule has 1 atom stereocenters. The van der Waals surface area contributed by atoms with Gasteiger partial charge in [0, 0.05) is 24.2 Å². The van der Waals surface area contributed by atoms with Gasteiger partial charge >= 0.3 is 0 Å². The maximum Gasteiger partial charge on any atom is 0.193 e. The van der Waals surface area contributed by atoms with E-state index >= 15 is 0 Å². The number of nitrogens with two attached hydrogens (primary N) is 1. The van der Waals surface area contributed by atoms with Crippen LogP contribution in [-0.4, -0.2) is 49.7 Å². The number of anilines is 1. The van der Waals surface area contributed by atoms with Gasteiger partial charge in [0.1, 0.15) is 0 Å². The minimum Gasteiger partial charge on any atom is -0.490 e. The molecule has 3 N–H and O–H groups in total. The highest BCUT2D eigenvalue weighted by atomic mass is 16.5. The molecule has 3 rings (SSSR count). The van der Waals surface area contributed by atoms with E-state index in [-0.39, 0.29) is 0 Å². The van der Waals surface area contributed by atoms with Crippen molar-refractivity contribution in [3.63, 3.8) is 0 Å². The molecule has 0 aromatic heterocycles. The Morgan fingerprint density at radius 1 is 1.22 bits per heavy atom. The van der Waals surface area contributed by atoms with Crippen LogP contribution in [0, 0.1) is 11.8 Å². The number of ether oxygens (including phenoxy) is 2. The fraction of sp³-hybridized carbons (Fsp3) is 0.667. The van der Waals surface area contributed by atoms with Crippen LogP contribution in [0.1, 0.15) is 40.0 Å². The summed E-state index contributed by atoms with van der Waals surface area (Å²) < 4.78 is 11.4. The molecule has 0 spiro atoms. The first-order valence-corrected chi connectivity index (χ1v) is 10.2. The lowest BCUT2D eigenvalue weighted by Crippen LogP contribution is -2.45. The molecule has 1 unspecified atom stereocenters. The van der Waals surface area contributed by atoms with Crippen LogP contribution in [0.4, 0.5) is 5.69 Å². The van der Waals surface area contributed by atoms with Gasteiger partial charge in [-0.1, -0.05) is 20.8 Å². The Morgan fingerprint density at radius 3 is 2.63 bits per heavy atom. The van der Waals surface area contributed by atoms with Gasteiger partial charge in [0.05, 0.1) is 19.8 Å².